The highest BCUT2D eigenvalue weighted by atomic mass is 35.5. The molecule has 0 spiro atoms. The molecule has 0 aliphatic carbocycles. The maximum atomic E-state index is 13.5. The topological polar surface area (TPSA) is 85.5 Å². The minimum Gasteiger partial charge on any atom is -0.501 e. The third kappa shape index (κ3) is 2.94. The number of nitrogens with zero attached hydrogens (tertiary/aromatic N) is 2. The van der Waals surface area contributed by atoms with Crippen LogP contribution >= 0.6 is 11.6 Å². The van der Waals surface area contributed by atoms with Crippen molar-refractivity contribution in [3.05, 3.63) is 56.8 Å². The molecule has 0 unspecified atom stereocenters. The Hall–Kier alpha value is -2.41. The van der Waals surface area contributed by atoms with Gasteiger partial charge in [-0.1, -0.05) is 17.7 Å². The SMILES string of the molecule is O=[N+]([O-])c1nc(OCc2c(F)cccc2Cl)ccc1O. The molecule has 0 bridgehead atoms. The van der Waals surface area contributed by atoms with E-state index in [1.807, 2.05) is 0 Å². The molecule has 0 amide bonds. The van der Waals surface area contributed by atoms with Gasteiger partial charge in [0.25, 0.3) is 0 Å². The normalized spacial score (nSPS) is 10.3. The van der Waals surface area contributed by atoms with Crippen LogP contribution in [0.3, 0.4) is 0 Å². The second-order valence-electron chi connectivity index (χ2n) is 3.74. The van der Waals surface area contributed by atoms with E-state index in [1.165, 1.54) is 24.3 Å². The van der Waals surface area contributed by atoms with Crippen LogP contribution < -0.4 is 4.74 Å². The molecule has 0 aliphatic heterocycles. The van der Waals surface area contributed by atoms with Gasteiger partial charge in [-0.05, 0) is 23.1 Å². The molecule has 20 heavy (non-hydrogen) atoms. The average Bonchev–Trinajstić information content (AvgIpc) is 2.39. The zero-order chi connectivity index (χ0) is 14.7. The molecule has 2 rings (SSSR count). The lowest BCUT2D eigenvalue weighted by atomic mass is 10.2. The summed E-state index contributed by atoms with van der Waals surface area (Å²) in [7, 11) is 0. The number of benzene rings is 1. The monoisotopic (exact) mass is 298 g/mol. The fraction of sp³-hybridized carbons (Fsp3) is 0.0833. The van der Waals surface area contributed by atoms with Gasteiger partial charge < -0.3 is 20.0 Å². The lowest BCUT2D eigenvalue weighted by Gasteiger charge is -2.06. The second-order valence-corrected chi connectivity index (χ2v) is 4.15. The van der Waals surface area contributed by atoms with Gasteiger partial charge in [-0.15, -0.1) is 0 Å². The summed E-state index contributed by atoms with van der Waals surface area (Å²) >= 11 is 5.81. The van der Waals surface area contributed by atoms with E-state index in [1.54, 1.807) is 0 Å². The van der Waals surface area contributed by atoms with Crippen molar-refractivity contribution in [2.75, 3.05) is 0 Å². The van der Waals surface area contributed by atoms with E-state index in [4.69, 9.17) is 16.3 Å². The number of hydrogen-bond acceptors (Lipinski definition) is 5. The van der Waals surface area contributed by atoms with E-state index in [2.05, 4.69) is 4.98 Å². The number of ether oxygens (including phenoxy) is 1. The molecule has 6 nitrogen and oxygen atoms in total. The minimum atomic E-state index is -0.849. The predicted octanol–water partition coefficient (Wildman–Crippen LogP) is 3.07. The quantitative estimate of drug-likeness (QED) is 0.692. The zero-order valence-electron chi connectivity index (χ0n) is 9.92. The molecular weight excluding hydrogens is 291 g/mol. The van der Waals surface area contributed by atoms with Crippen LogP contribution in [0.5, 0.6) is 11.6 Å². The molecule has 1 aromatic heterocycles. The first-order valence-corrected chi connectivity index (χ1v) is 5.77. The van der Waals surface area contributed by atoms with Crippen LogP contribution in [0.4, 0.5) is 10.2 Å². The van der Waals surface area contributed by atoms with Crippen LogP contribution in [-0.4, -0.2) is 15.0 Å². The maximum Gasteiger partial charge on any atom is 0.409 e. The molecule has 1 N–H and O–H groups in total. The number of aromatic nitrogens is 1. The van der Waals surface area contributed by atoms with Crippen molar-refractivity contribution in [1.82, 2.24) is 4.98 Å². The van der Waals surface area contributed by atoms with Crippen LogP contribution in [0.25, 0.3) is 0 Å². The van der Waals surface area contributed by atoms with E-state index in [-0.39, 0.29) is 23.1 Å². The second kappa shape index (κ2) is 5.70. The molecule has 0 saturated carbocycles. The van der Waals surface area contributed by atoms with Gasteiger partial charge in [0, 0.05) is 16.6 Å². The van der Waals surface area contributed by atoms with E-state index in [0.29, 0.717) is 0 Å². The van der Waals surface area contributed by atoms with Crippen LogP contribution in [0.2, 0.25) is 5.02 Å². The van der Waals surface area contributed by atoms with E-state index in [9.17, 15) is 19.6 Å². The van der Waals surface area contributed by atoms with E-state index >= 15 is 0 Å². The van der Waals surface area contributed by atoms with Gasteiger partial charge in [-0.2, -0.15) is 0 Å². The first kappa shape index (κ1) is 14.0. The van der Waals surface area contributed by atoms with Crippen molar-refractivity contribution < 1.29 is 19.2 Å². The zero-order valence-corrected chi connectivity index (χ0v) is 10.7. The van der Waals surface area contributed by atoms with Gasteiger partial charge in [0.2, 0.25) is 5.75 Å². The Morgan fingerprint density at radius 1 is 1.40 bits per heavy atom. The molecule has 8 heteroatoms. The number of aromatic hydroxyl groups is 1. The highest BCUT2D eigenvalue weighted by Crippen LogP contribution is 2.26. The smallest absolute Gasteiger partial charge is 0.409 e. The van der Waals surface area contributed by atoms with Crippen LogP contribution in [0.15, 0.2) is 30.3 Å². The van der Waals surface area contributed by atoms with Crippen molar-refractivity contribution >= 4 is 17.4 Å². The maximum absolute atomic E-state index is 13.5. The number of nitro groups is 1. The summed E-state index contributed by atoms with van der Waals surface area (Å²) in [6.45, 7) is -0.236. The number of rotatable bonds is 4. The summed E-state index contributed by atoms with van der Waals surface area (Å²) in [5, 5.41) is 20.0. The summed E-state index contributed by atoms with van der Waals surface area (Å²) in [5.41, 5.74) is 0.117. The van der Waals surface area contributed by atoms with E-state index < -0.39 is 22.3 Å². The van der Waals surface area contributed by atoms with Crippen molar-refractivity contribution in [1.29, 1.82) is 0 Å². The Balaban J connectivity index is 2.19. The molecule has 0 aliphatic rings. The van der Waals surface area contributed by atoms with Crippen molar-refractivity contribution in [2.45, 2.75) is 6.61 Å². The molecule has 2 aromatic rings. The van der Waals surface area contributed by atoms with Crippen LogP contribution in [0, 0.1) is 15.9 Å². The molecule has 104 valence electrons. The minimum absolute atomic E-state index is 0.117. The van der Waals surface area contributed by atoms with Gasteiger partial charge in [-0.3, -0.25) is 0 Å². The van der Waals surface area contributed by atoms with Gasteiger partial charge in [-0.25, -0.2) is 4.39 Å². The Kier molecular flexibility index (Phi) is 3.99. The van der Waals surface area contributed by atoms with E-state index in [0.717, 1.165) is 6.07 Å². The van der Waals surface area contributed by atoms with Gasteiger partial charge in [0.1, 0.15) is 12.4 Å². The number of pyridine rings is 1. The molecular formula is C12H8ClFN2O4. The summed E-state index contributed by atoms with van der Waals surface area (Å²) in [6, 6.07) is 6.47. The standard InChI is InChI=1S/C12H8ClFN2O4/c13-8-2-1-3-9(14)7(8)6-20-11-5-4-10(17)12(15-11)16(18)19/h1-5,17H,6H2. The summed E-state index contributed by atoms with van der Waals surface area (Å²) in [4.78, 5) is 13.3. The number of halogens is 2. The first-order valence-electron chi connectivity index (χ1n) is 5.39. The summed E-state index contributed by atoms with van der Waals surface area (Å²) in [6.07, 6.45) is 0. The molecule has 0 radical (unpaired) electrons. The third-order valence-corrected chi connectivity index (χ3v) is 2.78. The van der Waals surface area contributed by atoms with Gasteiger partial charge in [0.15, 0.2) is 0 Å². The lowest BCUT2D eigenvalue weighted by Crippen LogP contribution is -2.02. The first-order chi connectivity index (χ1) is 9.49. The highest BCUT2D eigenvalue weighted by Gasteiger charge is 2.18. The number of hydrogen-bond donors (Lipinski definition) is 1. The highest BCUT2D eigenvalue weighted by molar-refractivity contribution is 6.31. The van der Waals surface area contributed by atoms with Crippen LogP contribution in [-0.2, 0) is 6.61 Å². The largest absolute Gasteiger partial charge is 0.501 e. The Labute approximate surface area is 117 Å². The fourth-order valence-electron chi connectivity index (χ4n) is 1.45. The Bertz CT molecular complexity index is 646. The fourth-order valence-corrected chi connectivity index (χ4v) is 1.67. The molecule has 1 aromatic carbocycles. The molecule has 0 fully saturated rings. The third-order valence-electron chi connectivity index (χ3n) is 2.43. The lowest BCUT2D eigenvalue weighted by molar-refractivity contribution is -0.390. The predicted molar refractivity (Wildman–Crippen MR) is 68.3 cm³/mol. The van der Waals surface area contributed by atoms with Crippen molar-refractivity contribution in [3.8, 4) is 11.6 Å². The average molecular weight is 299 g/mol. The van der Waals surface area contributed by atoms with Crippen molar-refractivity contribution in [2.24, 2.45) is 0 Å². The van der Waals surface area contributed by atoms with Gasteiger partial charge >= 0.3 is 11.7 Å². The summed E-state index contributed by atoms with van der Waals surface area (Å²) in [5.74, 6) is -1.98. The van der Waals surface area contributed by atoms with Crippen LogP contribution in [0.1, 0.15) is 5.56 Å². The Morgan fingerprint density at radius 2 is 2.15 bits per heavy atom. The molecule has 0 saturated heterocycles. The molecule has 0 atom stereocenters. The Morgan fingerprint density at radius 3 is 2.80 bits per heavy atom. The van der Waals surface area contributed by atoms with Crippen molar-refractivity contribution in [3.63, 3.8) is 0 Å². The summed E-state index contributed by atoms with van der Waals surface area (Å²) < 4.78 is 18.6. The molecule has 1 heterocycles. The van der Waals surface area contributed by atoms with Gasteiger partial charge in [0.05, 0.1) is 5.02 Å².